The Morgan fingerprint density at radius 1 is 1.21 bits per heavy atom. The molecule has 0 saturated carbocycles. The van der Waals surface area contributed by atoms with Gasteiger partial charge < -0.3 is 33.6 Å². The number of phosphoric ester groups is 1. The van der Waals surface area contributed by atoms with Crippen LogP contribution in [0.25, 0.3) is 0 Å². The number of carbonyl (C=O) groups excluding carboxylic acids is 1. The van der Waals surface area contributed by atoms with Crippen LogP contribution in [0.4, 0.5) is 0 Å². The van der Waals surface area contributed by atoms with Crippen molar-refractivity contribution in [1.82, 2.24) is 9.55 Å². The monoisotopic (exact) mass is 691 g/mol. The van der Waals surface area contributed by atoms with Gasteiger partial charge in [-0.15, -0.1) is 0 Å². The fraction of sp³-hybridized carbons (Fsp3) is 0.450. The SMILES string of the molecule is CSSC(C)c1ccccc1C(=O)OC1C[C@H](n2cc(C)c(=O)[nH]c2=O)O[C@@H]1COP(=O)([O-])OP(=O)(O)OP(=O)(O)O. The quantitative estimate of drug-likeness (QED) is 0.133. The van der Waals surface area contributed by atoms with E-state index in [4.69, 9.17) is 19.3 Å². The van der Waals surface area contributed by atoms with Crippen molar-refractivity contribution >= 4 is 51.0 Å². The molecular weight excluding hydrogens is 665 g/mol. The molecular formula is C20H26N2O15P3S2-. The Balaban J connectivity index is 1.86. The van der Waals surface area contributed by atoms with E-state index in [1.54, 1.807) is 18.2 Å². The first kappa shape index (κ1) is 34.9. The highest BCUT2D eigenvalue weighted by atomic mass is 33.1. The van der Waals surface area contributed by atoms with E-state index in [9.17, 15) is 37.9 Å². The van der Waals surface area contributed by atoms with Crippen molar-refractivity contribution in [2.45, 2.75) is 44.0 Å². The van der Waals surface area contributed by atoms with Crippen LogP contribution >= 0.6 is 45.1 Å². The maximum absolute atomic E-state index is 13.3. The van der Waals surface area contributed by atoms with Crippen molar-refractivity contribution < 1.29 is 60.7 Å². The average molecular weight is 691 g/mol. The lowest BCUT2D eigenvalue weighted by Crippen LogP contribution is -2.33. The Labute approximate surface area is 245 Å². The van der Waals surface area contributed by atoms with Crippen LogP contribution in [-0.2, 0) is 36.3 Å². The summed E-state index contributed by atoms with van der Waals surface area (Å²) < 4.78 is 58.8. The molecule has 22 heteroatoms. The van der Waals surface area contributed by atoms with Crippen molar-refractivity contribution in [1.29, 1.82) is 0 Å². The molecule has 0 spiro atoms. The fourth-order valence-electron chi connectivity index (χ4n) is 3.84. The van der Waals surface area contributed by atoms with Crippen LogP contribution in [0.3, 0.4) is 0 Å². The molecule has 1 fully saturated rings. The van der Waals surface area contributed by atoms with Crippen molar-refractivity contribution in [3.05, 3.63) is 68.0 Å². The maximum Gasteiger partial charge on any atom is 0.487 e. The first-order chi connectivity index (χ1) is 19.4. The number of H-pyrrole nitrogens is 1. The lowest BCUT2D eigenvalue weighted by atomic mass is 10.0. The number of aromatic amines is 1. The number of carbonyl (C=O) groups is 1. The molecule has 2 aromatic rings. The average Bonchev–Trinajstić information content (AvgIpc) is 3.25. The molecule has 6 atom stereocenters. The van der Waals surface area contributed by atoms with E-state index in [2.05, 4.69) is 18.1 Å². The number of benzene rings is 1. The molecule has 234 valence electrons. The number of hydrogen-bond donors (Lipinski definition) is 4. The number of rotatable bonds is 13. The Kier molecular flexibility index (Phi) is 11.7. The summed E-state index contributed by atoms with van der Waals surface area (Å²) in [6, 6.07) is 6.62. The molecule has 1 aliphatic heterocycles. The number of hydrogen-bond acceptors (Lipinski definition) is 14. The summed E-state index contributed by atoms with van der Waals surface area (Å²) in [6.07, 6.45) is -1.02. The molecule has 0 bridgehead atoms. The number of nitrogens with one attached hydrogen (secondary N) is 1. The van der Waals surface area contributed by atoms with Gasteiger partial charge in [-0.2, -0.15) is 4.31 Å². The lowest BCUT2D eigenvalue weighted by molar-refractivity contribution is -0.221. The van der Waals surface area contributed by atoms with Crippen LogP contribution in [0.1, 0.15) is 46.3 Å². The van der Waals surface area contributed by atoms with Crippen LogP contribution in [0.15, 0.2) is 40.1 Å². The maximum atomic E-state index is 13.3. The van der Waals surface area contributed by atoms with Gasteiger partial charge in [-0.25, -0.2) is 23.0 Å². The Hall–Kier alpha value is -1.56. The smallest absolute Gasteiger partial charge is 0.487 e. The van der Waals surface area contributed by atoms with E-state index in [0.717, 1.165) is 4.57 Å². The summed E-state index contributed by atoms with van der Waals surface area (Å²) in [5.41, 5.74) is -0.522. The molecule has 1 aliphatic rings. The molecule has 42 heavy (non-hydrogen) atoms. The minimum atomic E-state index is -5.85. The summed E-state index contributed by atoms with van der Waals surface area (Å²) in [7, 11) is -14.3. The molecule has 0 radical (unpaired) electrons. The highest BCUT2D eigenvalue weighted by molar-refractivity contribution is 8.76. The number of aryl methyl sites for hydroxylation is 1. The molecule has 0 amide bonds. The second-order valence-electron chi connectivity index (χ2n) is 8.65. The summed E-state index contributed by atoms with van der Waals surface area (Å²) in [5.74, 6) is -0.806. The Morgan fingerprint density at radius 2 is 1.88 bits per heavy atom. The molecule has 1 saturated heterocycles. The fourth-order valence-corrected chi connectivity index (χ4v) is 8.61. The Bertz CT molecular complexity index is 1560. The van der Waals surface area contributed by atoms with Gasteiger partial charge in [0.25, 0.3) is 13.4 Å². The van der Waals surface area contributed by atoms with Gasteiger partial charge >= 0.3 is 27.3 Å². The molecule has 4 unspecified atom stereocenters. The van der Waals surface area contributed by atoms with Gasteiger partial charge in [0.15, 0.2) is 0 Å². The van der Waals surface area contributed by atoms with Gasteiger partial charge in [-0.3, -0.25) is 18.9 Å². The zero-order valence-corrected chi connectivity index (χ0v) is 26.3. The van der Waals surface area contributed by atoms with E-state index in [1.807, 2.05) is 13.2 Å². The molecule has 0 aliphatic carbocycles. The zero-order chi connectivity index (χ0) is 31.5. The van der Waals surface area contributed by atoms with Gasteiger partial charge in [0.1, 0.15) is 18.4 Å². The topological polar surface area (TPSA) is 253 Å². The summed E-state index contributed by atoms with van der Waals surface area (Å²) in [4.78, 5) is 78.4. The van der Waals surface area contributed by atoms with Crippen molar-refractivity contribution in [3.8, 4) is 0 Å². The van der Waals surface area contributed by atoms with Gasteiger partial charge in [0, 0.05) is 23.4 Å². The molecule has 1 aromatic heterocycles. The third-order valence-corrected chi connectivity index (χ3v) is 11.5. The van der Waals surface area contributed by atoms with Crippen LogP contribution in [0, 0.1) is 6.92 Å². The number of phosphoric acid groups is 3. The van der Waals surface area contributed by atoms with E-state index in [0.29, 0.717) is 5.56 Å². The Morgan fingerprint density at radius 3 is 2.52 bits per heavy atom. The van der Waals surface area contributed by atoms with Crippen molar-refractivity contribution in [2.75, 3.05) is 12.9 Å². The summed E-state index contributed by atoms with van der Waals surface area (Å²) >= 11 is 0. The third-order valence-electron chi connectivity index (χ3n) is 5.56. The van der Waals surface area contributed by atoms with E-state index in [1.165, 1.54) is 40.8 Å². The van der Waals surface area contributed by atoms with Crippen LogP contribution in [0.5, 0.6) is 0 Å². The van der Waals surface area contributed by atoms with Gasteiger partial charge in [-0.1, -0.05) is 39.8 Å². The zero-order valence-electron chi connectivity index (χ0n) is 22.0. The third kappa shape index (κ3) is 9.72. The van der Waals surface area contributed by atoms with Crippen LogP contribution in [0.2, 0.25) is 0 Å². The minimum absolute atomic E-state index is 0.119. The first-order valence-electron chi connectivity index (χ1n) is 11.6. The van der Waals surface area contributed by atoms with Crippen LogP contribution < -0.4 is 16.1 Å². The highest BCUT2D eigenvalue weighted by Crippen LogP contribution is 2.65. The second-order valence-corrected chi connectivity index (χ2v) is 15.8. The van der Waals surface area contributed by atoms with Gasteiger partial charge in [0.2, 0.25) is 0 Å². The minimum Gasteiger partial charge on any atom is -0.756 e. The van der Waals surface area contributed by atoms with Gasteiger partial charge in [0.05, 0.1) is 12.2 Å². The lowest BCUT2D eigenvalue weighted by Gasteiger charge is -2.27. The number of esters is 1. The number of aromatic nitrogens is 2. The molecule has 4 N–H and O–H groups in total. The number of nitrogens with zero attached hydrogens (tertiary/aromatic N) is 1. The molecule has 1 aromatic carbocycles. The van der Waals surface area contributed by atoms with E-state index < -0.39 is 65.7 Å². The molecule has 2 heterocycles. The van der Waals surface area contributed by atoms with Gasteiger partial charge in [-0.05, 0) is 31.7 Å². The summed E-state index contributed by atoms with van der Waals surface area (Å²) in [5, 5.41) is -0.119. The van der Waals surface area contributed by atoms with E-state index >= 15 is 0 Å². The number of ether oxygens (including phenoxy) is 2. The van der Waals surface area contributed by atoms with E-state index in [-0.39, 0.29) is 22.8 Å². The summed E-state index contributed by atoms with van der Waals surface area (Å²) in [6.45, 7) is 2.30. The van der Waals surface area contributed by atoms with Crippen LogP contribution in [-0.4, -0.2) is 55.3 Å². The van der Waals surface area contributed by atoms with Crippen molar-refractivity contribution in [2.24, 2.45) is 0 Å². The normalized spacial score (nSPS) is 22.7. The standard InChI is InChI=1S/C20H27N2O15P3S2/c1-11-9-22(20(25)21-18(11)23)17-8-15(35-19(24)14-7-5-4-6-13(14)12(2)42-41-3)16(34-17)10-33-39(29,30)37-40(31,32)36-38(26,27)28/h4-7,9,12,15-17H,8,10H2,1-3H3,(H,29,30)(H,31,32)(H,21,23,25)(H2,26,27,28)/p-1/t12?,15?,16-,17-/m1/s1. The second kappa shape index (κ2) is 14.0. The predicted molar refractivity (Wildman–Crippen MR) is 147 cm³/mol. The molecule has 17 nitrogen and oxygen atoms in total. The molecule has 3 rings (SSSR count). The highest BCUT2D eigenvalue weighted by Gasteiger charge is 2.42. The van der Waals surface area contributed by atoms with Crippen molar-refractivity contribution in [3.63, 3.8) is 0 Å². The predicted octanol–water partition coefficient (Wildman–Crippen LogP) is 2.14. The first-order valence-corrected chi connectivity index (χ1v) is 18.8. The largest absolute Gasteiger partial charge is 0.756 e.